The van der Waals surface area contributed by atoms with Gasteiger partial charge in [-0.15, -0.1) is 11.3 Å². The molecule has 0 aliphatic rings. The molecule has 0 unspecified atom stereocenters. The molecule has 1 heterocycles. The Morgan fingerprint density at radius 1 is 1.58 bits per heavy atom. The molecule has 12 heavy (non-hydrogen) atoms. The van der Waals surface area contributed by atoms with E-state index in [1.54, 1.807) is 6.92 Å². The molecule has 0 radical (unpaired) electrons. The number of ketones is 1. The highest BCUT2D eigenvalue weighted by Gasteiger charge is 2.09. The van der Waals surface area contributed by atoms with E-state index in [1.807, 2.05) is 6.92 Å². The number of carbonyl (C=O) groups is 1. The van der Waals surface area contributed by atoms with Crippen LogP contribution in [-0.4, -0.2) is 10.8 Å². The molecule has 0 saturated carbocycles. The molecule has 0 amide bonds. The van der Waals surface area contributed by atoms with E-state index >= 15 is 0 Å². The zero-order chi connectivity index (χ0) is 9.14. The molecule has 1 aromatic rings. The third kappa shape index (κ3) is 1.91. The summed E-state index contributed by atoms with van der Waals surface area (Å²) in [5, 5.41) is 1.08. The van der Waals surface area contributed by atoms with Crippen LogP contribution in [0.2, 0.25) is 0 Å². The SMILES string of the molecule is CCCc1nc(C)c(C(C)=O)s1. The van der Waals surface area contributed by atoms with Crippen LogP contribution in [-0.2, 0) is 6.42 Å². The van der Waals surface area contributed by atoms with E-state index in [9.17, 15) is 4.79 Å². The molecule has 2 nitrogen and oxygen atoms in total. The fraction of sp³-hybridized carbons (Fsp3) is 0.556. The second kappa shape index (κ2) is 3.81. The lowest BCUT2D eigenvalue weighted by molar-refractivity contribution is 0.102. The lowest BCUT2D eigenvalue weighted by Gasteiger charge is -1.86. The van der Waals surface area contributed by atoms with E-state index in [4.69, 9.17) is 0 Å². The monoisotopic (exact) mass is 183 g/mol. The number of rotatable bonds is 3. The van der Waals surface area contributed by atoms with Gasteiger partial charge < -0.3 is 0 Å². The molecule has 1 aromatic heterocycles. The zero-order valence-electron chi connectivity index (χ0n) is 7.68. The van der Waals surface area contributed by atoms with Crippen LogP contribution in [0.4, 0.5) is 0 Å². The van der Waals surface area contributed by atoms with Crippen molar-refractivity contribution in [2.45, 2.75) is 33.6 Å². The van der Waals surface area contributed by atoms with Crippen LogP contribution < -0.4 is 0 Å². The molecule has 3 heteroatoms. The van der Waals surface area contributed by atoms with Gasteiger partial charge in [0.15, 0.2) is 5.78 Å². The zero-order valence-corrected chi connectivity index (χ0v) is 8.49. The quantitative estimate of drug-likeness (QED) is 0.674. The van der Waals surface area contributed by atoms with Gasteiger partial charge in [-0.2, -0.15) is 0 Å². The van der Waals surface area contributed by atoms with Gasteiger partial charge in [0, 0.05) is 6.92 Å². The van der Waals surface area contributed by atoms with E-state index in [-0.39, 0.29) is 5.78 Å². The molecule has 66 valence electrons. The smallest absolute Gasteiger partial charge is 0.171 e. The highest BCUT2D eigenvalue weighted by molar-refractivity contribution is 7.13. The standard InChI is InChI=1S/C9H13NOS/c1-4-5-8-10-6(2)9(12-8)7(3)11/h4-5H2,1-3H3. The predicted octanol–water partition coefficient (Wildman–Crippen LogP) is 2.61. The van der Waals surface area contributed by atoms with Crippen LogP contribution in [0.1, 0.15) is 40.6 Å². The minimum atomic E-state index is 0.132. The van der Waals surface area contributed by atoms with Crippen molar-refractivity contribution in [3.63, 3.8) is 0 Å². The van der Waals surface area contributed by atoms with Crippen molar-refractivity contribution in [2.24, 2.45) is 0 Å². The van der Waals surface area contributed by atoms with Crippen molar-refractivity contribution in [3.05, 3.63) is 15.6 Å². The van der Waals surface area contributed by atoms with E-state index in [0.717, 1.165) is 28.4 Å². The summed E-state index contributed by atoms with van der Waals surface area (Å²) < 4.78 is 0. The maximum atomic E-state index is 11.1. The van der Waals surface area contributed by atoms with Gasteiger partial charge in [-0.25, -0.2) is 4.98 Å². The molecular weight excluding hydrogens is 170 g/mol. The first kappa shape index (κ1) is 9.39. The van der Waals surface area contributed by atoms with Crippen molar-refractivity contribution in [1.29, 1.82) is 0 Å². The number of aromatic nitrogens is 1. The number of carbonyl (C=O) groups excluding carboxylic acids is 1. The normalized spacial score (nSPS) is 10.2. The summed E-state index contributed by atoms with van der Waals surface area (Å²) in [6, 6.07) is 0. The molecular formula is C9H13NOS. The minimum Gasteiger partial charge on any atom is -0.294 e. The van der Waals surface area contributed by atoms with E-state index in [0.29, 0.717) is 0 Å². The molecule has 0 atom stereocenters. The average molecular weight is 183 g/mol. The Morgan fingerprint density at radius 3 is 2.67 bits per heavy atom. The van der Waals surface area contributed by atoms with Gasteiger partial charge in [-0.1, -0.05) is 6.92 Å². The van der Waals surface area contributed by atoms with Crippen molar-refractivity contribution < 1.29 is 4.79 Å². The number of Topliss-reactive ketones (excluding diaryl/α,β-unsaturated/α-hetero) is 1. The first-order valence-corrected chi connectivity index (χ1v) is 4.94. The molecule has 0 N–H and O–H groups in total. The number of aryl methyl sites for hydroxylation is 2. The lowest BCUT2D eigenvalue weighted by Crippen LogP contribution is -1.89. The van der Waals surface area contributed by atoms with Crippen LogP contribution in [0, 0.1) is 6.92 Å². The molecule has 0 aliphatic carbocycles. The molecule has 1 rings (SSSR count). The van der Waals surface area contributed by atoms with Crippen LogP contribution in [0.3, 0.4) is 0 Å². The summed E-state index contributed by atoms with van der Waals surface area (Å²) in [6.07, 6.45) is 2.07. The first-order chi connectivity index (χ1) is 5.65. The van der Waals surface area contributed by atoms with Gasteiger partial charge in [-0.05, 0) is 19.8 Å². The van der Waals surface area contributed by atoms with Crippen LogP contribution in [0.5, 0.6) is 0 Å². The fourth-order valence-corrected chi connectivity index (χ4v) is 2.16. The summed E-state index contributed by atoms with van der Waals surface area (Å²) in [4.78, 5) is 16.2. The Labute approximate surface area is 76.6 Å². The largest absolute Gasteiger partial charge is 0.294 e. The molecule has 0 fully saturated rings. The van der Waals surface area contributed by atoms with Gasteiger partial charge in [0.2, 0.25) is 0 Å². The average Bonchev–Trinajstić information content (AvgIpc) is 2.32. The Hall–Kier alpha value is -0.700. The molecule has 0 spiro atoms. The highest BCUT2D eigenvalue weighted by atomic mass is 32.1. The summed E-state index contributed by atoms with van der Waals surface area (Å²) in [6.45, 7) is 5.60. The van der Waals surface area contributed by atoms with Crippen molar-refractivity contribution in [1.82, 2.24) is 4.98 Å². The molecule has 0 bridgehead atoms. The second-order valence-corrected chi connectivity index (χ2v) is 3.91. The van der Waals surface area contributed by atoms with Crippen LogP contribution in [0.25, 0.3) is 0 Å². The molecule has 0 saturated heterocycles. The van der Waals surface area contributed by atoms with E-state index in [2.05, 4.69) is 11.9 Å². The van der Waals surface area contributed by atoms with Gasteiger partial charge >= 0.3 is 0 Å². The topological polar surface area (TPSA) is 30.0 Å². The van der Waals surface area contributed by atoms with Crippen molar-refractivity contribution in [2.75, 3.05) is 0 Å². The lowest BCUT2D eigenvalue weighted by atomic mass is 10.3. The van der Waals surface area contributed by atoms with Gasteiger partial charge in [0.25, 0.3) is 0 Å². The Kier molecular flexibility index (Phi) is 2.98. The number of hydrogen-bond donors (Lipinski definition) is 0. The second-order valence-electron chi connectivity index (χ2n) is 2.83. The van der Waals surface area contributed by atoms with Gasteiger partial charge in [0.1, 0.15) is 0 Å². The van der Waals surface area contributed by atoms with Crippen molar-refractivity contribution in [3.8, 4) is 0 Å². The molecule has 0 aromatic carbocycles. The Morgan fingerprint density at radius 2 is 2.25 bits per heavy atom. The number of hydrogen-bond acceptors (Lipinski definition) is 3. The maximum Gasteiger partial charge on any atom is 0.171 e. The highest BCUT2D eigenvalue weighted by Crippen LogP contribution is 2.19. The molecule has 0 aliphatic heterocycles. The van der Waals surface area contributed by atoms with Gasteiger partial charge in [-0.3, -0.25) is 4.79 Å². The first-order valence-electron chi connectivity index (χ1n) is 4.12. The number of thiazole rings is 1. The Bertz CT molecular complexity index is 291. The van der Waals surface area contributed by atoms with Crippen molar-refractivity contribution >= 4 is 17.1 Å². The summed E-state index contributed by atoms with van der Waals surface area (Å²) in [5.74, 6) is 0.132. The maximum absolute atomic E-state index is 11.1. The summed E-state index contributed by atoms with van der Waals surface area (Å²) in [5.41, 5.74) is 0.885. The van der Waals surface area contributed by atoms with Gasteiger partial charge in [0.05, 0.1) is 15.6 Å². The minimum absolute atomic E-state index is 0.132. The fourth-order valence-electron chi connectivity index (χ4n) is 1.10. The van der Waals surface area contributed by atoms with E-state index < -0.39 is 0 Å². The van der Waals surface area contributed by atoms with E-state index in [1.165, 1.54) is 11.3 Å². The summed E-state index contributed by atoms with van der Waals surface area (Å²) >= 11 is 1.53. The number of nitrogens with zero attached hydrogens (tertiary/aromatic N) is 1. The predicted molar refractivity (Wildman–Crippen MR) is 50.9 cm³/mol. The Balaban J connectivity index is 2.92. The van der Waals surface area contributed by atoms with Crippen LogP contribution in [0.15, 0.2) is 0 Å². The third-order valence-electron chi connectivity index (χ3n) is 1.62. The third-order valence-corrected chi connectivity index (χ3v) is 2.94. The van der Waals surface area contributed by atoms with Crippen LogP contribution >= 0.6 is 11.3 Å². The summed E-state index contributed by atoms with van der Waals surface area (Å²) in [7, 11) is 0.